The summed E-state index contributed by atoms with van der Waals surface area (Å²) in [6.45, 7) is 7.42. The zero-order valence-electron chi connectivity index (χ0n) is 11.0. The van der Waals surface area contributed by atoms with E-state index in [1.54, 1.807) is 0 Å². The van der Waals surface area contributed by atoms with Crippen molar-refractivity contribution in [3.05, 3.63) is 35.4 Å². The predicted octanol–water partition coefficient (Wildman–Crippen LogP) is 3.45. The molecule has 0 radical (unpaired) electrons. The number of nitrogens with zero attached hydrogens (tertiary/aromatic N) is 1. The third-order valence-electron chi connectivity index (χ3n) is 2.68. The fraction of sp³-hybridized carbons (Fsp3) is 0.533. The summed E-state index contributed by atoms with van der Waals surface area (Å²) in [5.41, 5.74) is 2.41. The lowest BCUT2D eigenvalue weighted by molar-refractivity contribution is 0.619. The fourth-order valence-corrected chi connectivity index (χ4v) is 1.84. The van der Waals surface area contributed by atoms with Crippen LogP contribution in [0.15, 0.2) is 24.3 Å². The van der Waals surface area contributed by atoms with Gasteiger partial charge in [0.15, 0.2) is 0 Å². The van der Waals surface area contributed by atoms with Gasteiger partial charge < -0.3 is 0 Å². The molecule has 2 nitrogen and oxygen atoms in total. The molecule has 1 N–H and O–H groups in total. The maximum atomic E-state index is 9.11. The lowest BCUT2D eigenvalue weighted by Crippen LogP contribution is -2.20. The zero-order chi connectivity index (χ0) is 12.7. The van der Waals surface area contributed by atoms with Crippen molar-refractivity contribution in [2.75, 3.05) is 6.54 Å². The average Bonchev–Trinajstić information content (AvgIpc) is 2.31. The Labute approximate surface area is 105 Å². The summed E-state index contributed by atoms with van der Waals surface area (Å²) in [6, 6.07) is 10.5. The van der Waals surface area contributed by atoms with E-state index in [0.29, 0.717) is 5.92 Å². The molecule has 0 aromatic heterocycles. The highest BCUT2D eigenvalue weighted by Crippen LogP contribution is 2.15. The summed E-state index contributed by atoms with van der Waals surface area (Å²) >= 11 is 0. The quantitative estimate of drug-likeness (QED) is 0.812. The van der Waals surface area contributed by atoms with E-state index in [-0.39, 0.29) is 6.04 Å². The lowest BCUT2D eigenvalue weighted by Gasteiger charge is -2.12. The first-order chi connectivity index (χ1) is 8.17. The molecule has 1 aromatic carbocycles. The van der Waals surface area contributed by atoms with Crippen LogP contribution in [-0.4, -0.2) is 6.54 Å². The molecule has 1 aromatic rings. The number of hydrogen-bond acceptors (Lipinski definition) is 2. The summed E-state index contributed by atoms with van der Waals surface area (Å²) in [4.78, 5) is 0. The van der Waals surface area contributed by atoms with Crippen molar-refractivity contribution >= 4 is 0 Å². The Kier molecular flexibility index (Phi) is 5.72. The van der Waals surface area contributed by atoms with Crippen LogP contribution in [0, 0.1) is 17.2 Å². The van der Waals surface area contributed by atoms with E-state index >= 15 is 0 Å². The first-order valence-electron chi connectivity index (χ1n) is 6.39. The van der Waals surface area contributed by atoms with Gasteiger partial charge in [0.1, 0.15) is 6.04 Å². The van der Waals surface area contributed by atoms with Gasteiger partial charge in [-0.15, -0.1) is 0 Å². The van der Waals surface area contributed by atoms with E-state index in [4.69, 9.17) is 5.26 Å². The maximum absolute atomic E-state index is 9.11. The van der Waals surface area contributed by atoms with Gasteiger partial charge >= 0.3 is 0 Å². The van der Waals surface area contributed by atoms with Crippen molar-refractivity contribution in [3.8, 4) is 6.07 Å². The number of nitriles is 1. The predicted molar refractivity (Wildman–Crippen MR) is 71.6 cm³/mol. The second-order valence-corrected chi connectivity index (χ2v) is 4.86. The van der Waals surface area contributed by atoms with E-state index in [1.165, 1.54) is 5.56 Å². The minimum Gasteiger partial charge on any atom is -0.298 e. The molecule has 0 bridgehead atoms. The van der Waals surface area contributed by atoms with Crippen molar-refractivity contribution in [3.63, 3.8) is 0 Å². The molecule has 1 rings (SSSR count). The Hall–Kier alpha value is -1.33. The van der Waals surface area contributed by atoms with Crippen molar-refractivity contribution < 1.29 is 0 Å². The molecule has 0 aliphatic rings. The third kappa shape index (κ3) is 4.58. The van der Waals surface area contributed by atoms with Crippen LogP contribution in [0.2, 0.25) is 0 Å². The Morgan fingerprint density at radius 1 is 1.24 bits per heavy atom. The maximum Gasteiger partial charge on any atom is 0.121 e. The monoisotopic (exact) mass is 230 g/mol. The number of hydrogen-bond donors (Lipinski definition) is 1. The van der Waals surface area contributed by atoms with Crippen molar-refractivity contribution in [2.24, 2.45) is 5.92 Å². The van der Waals surface area contributed by atoms with Crippen LogP contribution in [0.3, 0.4) is 0 Å². The topological polar surface area (TPSA) is 35.8 Å². The second kappa shape index (κ2) is 7.09. The molecule has 0 fully saturated rings. The number of rotatable bonds is 6. The first kappa shape index (κ1) is 13.7. The van der Waals surface area contributed by atoms with Gasteiger partial charge in [0.2, 0.25) is 0 Å². The van der Waals surface area contributed by atoms with Gasteiger partial charge in [-0.05, 0) is 36.4 Å². The highest BCUT2D eigenvalue weighted by atomic mass is 14.9. The highest BCUT2D eigenvalue weighted by Gasteiger charge is 2.08. The lowest BCUT2D eigenvalue weighted by atomic mass is 10.00. The van der Waals surface area contributed by atoms with Crippen LogP contribution in [0.25, 0.3) is 0 Å². The molecule has 1 unspecified atom stereocenters. The summed E-state index contributed by atoms with van der Waals surface area (Å²) in [7, 11) is 0. The molecule has 0 saturated heterocycles. The molecule has 17 heavy (non-hydrogen) atoms. The van der Waals surface area contributed by atoms with Crippen LogP contribution in [0.4, 0.5) is 0 Å². The van der Waals surface area contributed by atoms with Gasteiger partial charge in [0.25, 0.3) is 0 Å². The summed E-state index contributed by atoms with van der Waals surface area (Å²) in [6.07, 6.45) is 2.14. The van der Waals surface area contributed by atoms with Gasteiger partial charge in [-0.2, -0.15) is 5.26 Å². The van der Waals surface area contributed by atoms with Gasteiger partial charge in [-0.25, -0.2) is 0 Å². The molecule has 0 heterocycles. The molecule has 0 saturated carbocycles. The summed E-state index contributed by atoms with van der Waals surface area (Å²) in [5, 5.41) is 12.3. The Morgan fingerprint density at radius 3 is 2.35 bits per heavy atom. The molecule has 0 aliphatic heterocycles. The molecule has 92 valence electrons. The van der Waals surface area contributed by atoms with Crippen molar-refractivity contribution in [1.82, 2.24) is 5.32 Å². The standard InChI is InChI=1S/C15H22N2/c1-4-9-17-15(11-16)14-7-5-13(6-8-14)10-12(2)3/h5-8,12,15,17H,4,9-10H2,1-3H3. The zero-order valence-corrected chi connectivity index (χ0v) is 11.0. The molecular weight excluding hydrogens is 208 g/mol. The first-order valence-corrected chi connectivity index (χ1v) is 6.39. The van der Waals surface area contributed by atoms with Crippen LogP contribution in [0.5, 0.6) is 0 Å². The minimum atomic E-state index is -0.178. The third-order valence-corrected chi connectivity index (χ3v) is 2.68. The van der Waals surface area contributed by atoms with E-state index in [0.717, 1.165) is 24.9 Å². The molecule has 0 amide bonds. The van der Waals surface area contributed by atoms with Crippen LogP contribution in [0.1, 0.15) is 44.4 Å². The van der Waals surface area contributed by atoms with E-state index in [9.17, 15) is 0 Å². The minimum absolute atomic E-state index is 0.178. The van der Waals surface area contributed by atoms with Crippen LogP contribution < -0.4 is 5.32 Å². The number of benzene rings is 1. The van der Waals surface area contributed by atoms with E-state index in [1.807, 2.05) is 0 Å². The smallest absolute Gasteiger partial charge is 0.121 e. The molecule has 0 spiro atoms. The number of nitrogens with one attached hydrogen (secondary N) is 1. The molecule has 1 atom stereocenters. The van der Waals surface area contributed by atoms with Gasteiger partial charge in [0.05, 0.1) is 6.07 Å². The summed E-state index contributed by atoms with van der Waals surface area (Å²) < 4.78 is 0. The second-order valence-electron chi connectivity index (χ2n) is 4.86. The van der Waals surface area contributed by atoms with Gasteiger partial charge in [0, 0.05) is 0 Å². The molecule has 2 heteroatoms. The van der Waals surface area contributed by atoms with Gasteiger partial charge in [-0.3, -0.25) is 5.32 Å². The van der Waals surface area contributed by atoms with Crippen LogP contribution >= 0.6 is 0 Å². The van der Waals surface area contributed by atoms with E-state index < -0.39 is 0 Å². The Morgan fingerprint density at radius 2 is 1.88 bits per heavy atom. The average molecular weight is 230 g/mol. The normalized spacial score (nSPS) is 12.4. The SMILES string of the molecule is CCCNC(C#N)c1ccc(CC(C)C)cc1. The Balaban J connectivity index is 2.68. The summed E-state index contributed by atoms with van der Waals surface area (Å²) in [5.74, 6) is 0.672. The Bertz CT molecular complexity index is 360. The van der Waals surface area contributed by atoms with E-state index in [2.05, 4.69) is 56.4 Å². The van der Waals surface area contributed by atoms with Gasteiger partial charge in [-0.1, -0.05) is 45.0 Å². The fourth-order valence-electron chi connectivity index (χ4n) is 1.84. The highest BCUT2D eigenvalue weighted by molar-refractivity contribution is 5.28. The largest absolute Gasteiger partial charge is 0.298 e. The van der Waals surface area contributed by atoms with Crippen LogP contribution in [-0.2, 0) is 6.42 Å². The molecular formula is C15H22N2. The van der Waals surface area contributed by atoms with Crippen molar-refractivity contribution in [1.29, 1.82) is 5.26 Å². The molecule has 0 aliphatic carbocycles. The van der Waals surface area contributed by atoms with Crippen molar-refractivity contribution in [2.45, 2.75) is 39.7 Å².